The van der Waals surface area contributed by atoms with Gasteiger partial charge in [0.25, 0.3) is 11.6 Å². The Kier molecular flexibility index (Phi) is 5.08. The SMILES string of the molecule is O=C(N/N=C/c1ccc(Cl)c(Cl)c1)c1ccccc1[N+](=O)[O-]. The number of hydrazone groups is 1. The molecule has 0 aliphatic heterocycles. The molecule has 2 aromatic rings. The number of rotatable bonds is 4. The highest BCUT2D eigenvalue weighted by molar-refractivity contribution is 6.42. The number of amides is 1. The quantitative estimate of drug-likeness (QED) is 0.524. The number of nitrogens with one attached hydrogen (secondary N) is 1. The normalized spacial score (nSPS) is 10.6. The monoisotopic (exact) mass is 337 g/mol. The van der Waals surface area contributed by atoms with Gasteiger partial charge in [0.1, 0.15) is 5.56 Å². The van der Waals surface area contributed by atoms with Gasteiger partial charge in [0.15, 0.2) is 0 Å². The summed E-state index contributed by atoms with van der Waals surface area (Å²) in [7, 11) is 0. The van der Waals surface area contributed by atoms with Gasteiger partial charge in [0.2, 0.25) is 0 Å². The number of benzene rings is 2. The minimum Gasteiger partial charge on any atom is -0.267 e. The molecule has 1 amide bonds. The average molecular weight is 338 g/mol. The lowest BCUT2D eigenvalue weighted by Crippen LogP contribution is -2.18. The molecule has 0 aromatic heterocycles. The lowest BCUT2D eigenvalue weighted by atomic mass is 10.2. The van der Waals surface area contributed by atoms with E-state index in [0.29, 0.717) is 15.6 Å². The Morgan fingerprint density at radius 2 is 1.91 bits per heavy atom. The fraction of sp³-hybridized carbons (Fsp3) is 0. The van der Waals surface area contributed by atoms with Crippen molar-refractivity contribution in [2.45, 2.75) is 0 Å². The summed E-state index contributed by atoms with van der Waals surface area (Å²) < 4.78 is 0. The number of halogens is 2. The van der Waals surface area contributed by atoms with Crippen LogP contribution >= 0.6 is 23.2 Å². The fourth-order valence-electron chi connectivity index (χ4n) is 1.64. The molecule has 0 spiro atoms. The van der Waals surface area contributed by atoms with E-state index in [1.54, 1.807) is 18.2 Å². The topological polar surface area (TPSA) is 84.6 Å². The standard InChI is InChI=1S/C14H9Cl2N3O3/c15-11-6-5-9(7-12(11)16)8-17-18-14(20)10-3-1-2-4-13(10)19(21)22/h1-8H,(H,18,20)/b17-8+. The maximum Gasteiger partial charge on any atom is 0.282 e. The molecule has 6 nitrogen and oxygen atoms in total. The van der Waals surface area contributed by atoms with Crippen LogP contribution < -0.4 is 5.43 Å². The van der Waals surface area contributed by atoms with Crippen LogP contribution in [-0.2, 0) is 0 Å². The maximum absolute atomic E-state index is 11.9. The number of hydrogen-bond donors (Lipinski definition) is 1. The summed E-state index contributed by atoms with van der Waals surface area (Å²) in [5, 5.41) is 15.4. The van der Waals surface area contributed by atoms with Crippen molar-refractivity contribution in [2.24, 2.45) is 5.10 Å². The highest BCUT2D eigenvalue weighted by Crippen LogP contribution is 2.21. The van der Waals surface area contributed by atoms with Crippen molar-refractivity contribution in [3.63, 3.8) is 0 Å². The Morgan fingerprint density at radius 3 is 2.59 bits per heavy atom. The van der Waals surface area contributed by atoms with Gasteiger partial charge in [0, 0.05) is 6.07 Å². The molecule has 0 aliphatic carbocycles. The Labute approximate surface area is 135 Å². The molecule has 0 bridgehead atoms. The predicted octanol–water partition coefficient (Wildman–Crippen LogP) is 3.67. The molecule has 8 heteroatoms. The Morgan fingerprint density at radius 1 is 1.18 bits per heavy atom. The van der Waals surface area contributed by atoms with Gasteiger partial charge in [-0.2, -0.15) is 5.10 Å². The first-order chi connectivity index (χ1) is 10.5. The van der Waals surface area contributed by atoms with E-state index in [1.165, 1.54) is 30.5 Å². The fourth-order valence-corrected chi connectivity index (χ4v) is 1.95. The van der Waals surface area contributed by atoms with Crippen LogP contribution in [0.15, 0.2) is 47.6 Å². The van der Waals surface area contributed by atoms with Gasteiger partial charge in [-0.05, 0) is 23.8 Å². The second-order valence-electron chi connectivity index (χ2n) is 4.15. The first-order valence-electron chi connectivity index (χ1n) is 6.01. The van der Waals surface area contributed by atoms with Gasteiger partial charge in [-0.1, -0.05) is 41.4 Å². The van der Waals surface area contributed by atoms with Crippen LogP contribution in [-0.4, -0.2) is 17.0 Å². The average Bonchev–Trinajstić information content (AvgIpc) is 2.50. The third-order valence-corrected chi connectivity index (χ3v) is 3.41. The zero-order valence-electron chi connectivity index (χ0n) is 11.0. The van der Waals surface area contributed by atoms with Crippen LogP contribution in [0.5, 0.6) is 0 Å². The summed E-state index contributed by atoms with van der Waals surface area (Å²) in [5.74, 6) is -0.677. The van der Waals surface area contributed by atoms with Crippen molar-refractivity contribution in [2.75, 3.05) is 0 Å². The molecule has 2 aromatic carbocycles. The second kappa shape index (κ2) is 7.02. The largest absolute Gasteiger partial charge is 0.282 e. The molecule has 1 N–H and O–H groups in total. The van der Waals surface area contributed by atoms with Gasteiger partial charge in [-0.25, -0.2) is 5.43 Å². The van der Waals surface area contributed by atoms with E-state index in [-0.39, 0.29) is 11.3 Å². The van der Waals surface area contributed by atoms with Crippen molar-refractivity contribution < 1.29 is 9.72 Å². The van der Waals surface area contributed by atoms with E-state index in [4.69, 9.17) is 23.2 Å². The zero-order valence-corrected chi connectivity index (χ0v) is 12.5. The lowest BCUT2D eigenvalue weighted by Gasteiger charge is -2.01. The summed E-state index contributed by atoms with van der Waals surface area (Å²) in [5.41, 5.74) is 2.49. The molecular weight excluding hydrogens is 329 g/mol. The van der Waals surface area contributed by atoms with Crippen molar-refractivity contribution in [1.29, 1.82) is 0 Å². The molecule has 22 heavy (non-hydrogen) atoms. The van der Waals surface area contributed by atoms with E-state index in [0.717, 1.165) is 0 Å². The minimum atomic E-state index is -0.677. The number of hydrogen-bond acceptors (Lipinski definition) is 4. The number of carbonyl (C=O) groups is 1. The van der Waals surface area contributed by atoms with Crippen LogP contribution in [0.1, 0.15) is 15.9 Å². The second-order valence-corrected chi connectivity index (χ2v) is 4.96. The Bertz CT molecular complexity index is 763. The molecule has 0 saturated carbocycles. The van der Waals surface area contributed by atoms with Crippen molar-refractivity contribution in [1.82, 2.24) is 5.43 Å². The van der Waals surface area contributed by atoms with Gasteiger partial charge in [-0.15, -0.1) is 0 Å². The maximum atomic E-state index is 11.9. The third kappa shape index (κ3) is 3.81. The van der Waals surface area contributed by atoms with E-state index >= 15 is 0 Å². The van der Waals surface area contributed by atoms with E-state index in [2.05, 4.69) is 10.5 Å². The van der Waals surface area contributed by atoms with Gasteiger partial charge < -0.3 is 0 Å². The highest BCUT2D eigenvalue weighted by atomic mass is 35.5. The molecule has 0 unspecified atom stereocenters. The minimum absolute atomic E-state index is 0.0706. The van der Waals surface area contributed by atoms with Gasteiger partial charge >= 0.3 is 0 Å². The number of para-hydroxylation sites is 1. The summed E-state index contributed by atoms with van der Waals surface area (Å²) in [6, 6.07) is 10.4. The van der Waals surface area contributed by atoms with E-state index in [1.807, 2.05) is 0 Å². The predicted molar refractivity (Wildman–Crippen MR) is 84.6 cm³/mol. The van der Waals surface area contributed by atoms with Crippen molar-refractivity contribution >= 4 is 41.0 Å². The van der Waals surface area contributed by atoms with Crippen LogP contribution in [0.3, 0.4) is 0 Å². The number of nitro benzene ring substituents is 1. The molecule has 0 fully saturated rings. The molecule has 0 saturated heterocycles. The first-order valence-corrected chi connectivity index (χ1v) is 6.76. The molecule has 0 radical (unpaired) electrons. The van der Waals surface area contributed by atoms with Gasteiger partial charge in [0.05, 0.1) is 21.2 Å². The summed E-state index contributed by atoms with van der Waals surface area (Å²) in [4.78, 5) is 22.1. The summed E-state index contributed by atoms with van der Waals surface area (Å²) in [6.07, 6.45) is 1.36. The van der Waals surface area contributed by atoms with Crippen molar-refractivity contribution in [3.05, 3.63) is 73.8 Å². The smallest absolute Gasteiger partial charge is 0.267 e. The van der Waals surface area contributed by atoms with Gasteiger partial charge in [-0.3, -0.25) is 14.9 Å². The van der Waals surface area contributed by atoms with Crippen LogP contribution in [0.2, 0.25) is 10.0 Å². The number of nitro groups is 1. The number of carbonyl (C=O) groups excluding carboxylic acids is 1. The molecule has 0 atom stereocenters. The number of nitrogens with zero attached hydrogens (tertiary/aromatic N) is 2. The van der Waals surface area contributed by atoms with E-state index in [9.17, 15) is 14.9 Å². The summed E-state index contributed by atoms with van der Waals surface area (Å²) in [6.45, 7) is 0. The van der Waals surface area contributed by atoms with Crippen LogP contribution in [0.25, 0.3) is 0 Å². The third-order valence-electron chi connectivity index (χ3n) is 2.67. The Hall–Kier alpha value is -2.44. The Balaban J connectivity index is 2.11. The first kappa shape index (κ1) is 15.9. The molecule has 0 heterocycles. The zero-order chi connectivity index (χ0) is 16.1. The molecule has 0 aliphatic rings. The molecular formula is C14H9Cl2N3O3. The summed E-state index contributed by atoms with van der Waals surface area (Å²) >= 11 is 11.6. The molecule has 112 valence electrons. The van der Waals surface area contributed by atoms with E-state index < -0.39 is 10.8 Å². The molecule has 2 rings (SSSR count). The highest BCUT2D eigenvalue weighted by Gasteiger charge is 2.18. The van der Waals surface area contributed by atoms with Crippen molar-refractivity contribution in [3.8, 4) is 0 Å². The van der Waals surface area contributed by atoms with Crippen LogP contribution in [0.4, 0.5) is 5.69 Å². The lowest BCUT2D eigenvalue weighted by molar-refractivity contribution is -0.385. The van der Waals surface area contributed by atoms with Crippen LogP contribution in [0, 0.1) is 10.1 Å².